The van der Waals surface area contributed by atoms with Crippen molar-refractivity contribution in [2.45, 2.75) is 26.4 Å². The second-order valence-electron chi connectivity index (χ2n) is 5.22. The van der Waals surface area contributed by atoms with E-state index >= 15 is 0 Å². The van der Waals surface area contributed by atoms with Crippen molar-refractivity contribution in [3.05, 3.63) is 65.2 Å². The predicted molar refractivity (Wildman–Crippen MR) is 82.3 cm³/mol. The van der Waals surface area contributed by atoms with E-state index in [1.165, 1.54) is 22.4 Å². The van der Waals surface area contributed by atoms with E-state index in [1.807, 2.05) is 6.92 Å². The fraction of sp³-hybridized carbons (Fsp3) is 0.294. The van der Waals surface area contributed by atoms with Crippen molar-refractivity contribution >= 4 is 5.69 Å². The van der Waals surface area contributed by atoms with Crippen LogP contribution in [0.3, 0.4) is 0 Å². The fourth-order valence-corrected chi connectivity index (χ4v) is 2.09. The molecule has 2 N–H and O–H groups in total. The molecule has 0 heterocycles. The zero-order chi connectivity index (χ0) is 13.8. The van der Waals surface area contributed by atoms with E-state index in [2.05, 4.69) is 67.4 Å². The van der Waals surface area contributed by atoms with Gasteiger partial charge in [0.15, 0.2) is 0 Å². The number of anilines is 1. The summed E-state index contributed by atoms with van der Waals surface area (Å²) in [6.07, 6.45) is 0. The van der Waals surface area contributed by atoms with E-state index in [4.69, 9.17) is 5.73 Å². The third kappa shape index (κ3) is 3.58. The van der Waals surface area contributed by atoms with Crippen molar-refractivity contribution in [1.82, 2.24) is 0 Å². The van der Waals surface area contributed by atoms with Crippen LogP contribution in [0.15, 0.2) is 48.5 Å². The maximum atomic E-state index is 5.86. The second kappa shape index (κ2) is 5.89. The lowest BCUT2D eigenvalue weighted by Gasteiger charge is -2.20. The molecule has 0 saturated carbocycles. The highest BCUT2D eigenvalue weighted by atomic mass is 15.1. The summed E-state index contributed by atoms with van der Waals surface area (Å²) in [6, 6.07) is 17.2. The Kier molecular flexibility index (Phi) is 4.23. The van der Waals surface area contributed by atoms with Crippen LogP contribution in [-0.4, -0.2) is 7.05 Å². The van der Waals surface area contributed by atoms with Crippen molar-refractivity contribution in [1.29, 1.82) is 0 Å². The van der Waals surface area contributed by atoms with Crippen molar-refractivity contribution in [3.63, 3.8) is 0 Å². The minimum atomic E-state index is 0.0939. The molecule has 100 valence electrons. The zero-order valence-corrected chi connectivity index (χ0v) is 11.9. The molecule has 0 aliphatic heterocycles. The summed E-state index contributed by atoms with van der Waals surface area (Å²) in [5, 5.41) is 0. The number of hydrogen-bond donors (Lipinski definition) is 1. The van der Waals surface area contributed by atoms with Crippen LogP contribution in [0.25, 0.3) is 0 Å². The highest BCUT2D eigenvalue weighted by molar-refractivity contribution is 5.47. The molecule has 0 bridgehead atoms. The van der Waals surface area contributed by atoms with Gasteiger partial charge in [0.25, 0.3) is 0 Å². The topological polar surface area (TPSA) is 29.3 Å². The molecule has 2 rings (SSSR count). The molecule has 2 heteroatoms. The summed E-state index contributed by atoms with van der Waals surface area (Å²) in [7, 11) is 2.11. The Morgan fingerprint density at radius 3 is 2.11 bits per heavy atom. The summed E-state index contributed by atoms with van der Waals surface area (Å²) >= 11 is 0. The average molecular weight is 254 g/mol. The molecule has 0 spiro atoms. The van der Waals surface area contributed by atoms with Gasteiger partial charge in [-0.15, -0.1) is 0 Å². The molecule has 0 fully saturated rings. The molecular weight excluding hydrogens is 232 g/mol. The maximum absolute atomic E-state index is 5.86. The molecule has 1 atom stereocenters. The number of benzene rings is 2. The van der Waals surface area contributed by atoms with Crippen LogP contribution < -0.4 is 10.6 Å². The Hall–Kier alpha value is -1.80. The molecule has 0 aliphatic carbocycles. The Morgan fingerprint density at radius 2 is 1.58 bits per heavy atom. The van der Waals surface area contributed by atoms with Gasteiger partial charge >= 0.3 is 0 Å². The highest BCUT2D eigenvalue weighted by Gasteiger charge is 2.04. The summed E-state index contributed by atoms with van der Waals surface area (Å²) in [5.41, 5.74) is 10.9. The highest BCUT2D eigenvalue weighted by Crippen LogP contribution is 2.19. The quantitative estimate of drug-likeness (QED) is 0.902. The summed E-state index contributed by atoms with van der Waals surface area (Å²) in [5.74, 6) is 0. The normalized spacial score (nSPS) is 12.2. The fourth-order valence-electron chi connectivity index (χ4n) is 2.09. The number of hydrogen-bond acceptors (Lipinski definition) is 2. The third-order valence-corrected chi connectivity index (χ3v) is 3.40. The van der Waals surface area contributed by atoms with Gasteiger partial charge in [0.1, 0.15) is 0 Å². The first-order valence-electron chi connectivity index (χ1n) is 6.68. The largest absolute Gasteiger partial charge is 0.370 e. The maximum Gasteiger partial charge on any atom is 0.0426 e. The van der Waals surface area contributed by atoms with Gasteiger partial charge in [-0.1, -0.05) is 42.0 Å². The van der Waals surface area contributed by atoms with Gasteiger partial charge in [-0.25, -0.2) is 0 Å². The molecule has 0 amide bonds. The van der Waals surface area contributed by atoms with E-state index in [0.29, 0.717) is 0 Å². The summed E-state index contributed by atoms with van der Waals surface area (Å²) < 4.78 is 0. The predicted octanol–water partition coefficient (Wildman–Crippen LogP) is 3.65. The molecule has 0 unspecified atom stereocenters. The number of nitrogens with two attached hydrogens (primary N) is 1. The Balaban J connectivity index is 2.07. The van der Waals surface area contributed by atoms with E-state index in [9.17, 15) is 0 Å². The molecule has 0 saturated heterocycles. The lowest BCUT2D eigenvalue weighted by Crippen LogP contribution is -2.16. The average Bonchev–Trinajstić information content (AvgIpc) is 2.41. The van der Waals surface area contributed by atoms with Crippen molar-refractivity contribution < 1.29 is 0 Å². The second-order valence-corrected chi connectivity index (χ2v) is 5.22. The monoisotopic (exact) mass is 254 g/mol. The minimum absolute atomic E-state index is 0.0939. The van der Waals surface area contributed by atoms with Crippen LogP contribution in [0.2, 0.25) is 0 Å². The third-order valence-electron chi connectivity index (χ3n) is 3.40. The molecule has 19 heavy (non-hydrogen) atoms. The van der Waals surface area contributed by atoms with E-state index in [0.717, 1.165) is 6.54 Å². The molecule has 0 radical (unpaired) electrons. The summed E-state index contributed by atoms with van der Waals surface area (Å²) in [6.45, 7) is 5.03. The lowest BCUT2D eigenvalue weighted by atomic mass is 10.1. The standard InChI is InChI=1S/C17H22N2/c1-13-4-6-15(7-5-13)12-19(3)17-10-8-16(9-11-17)14(2)18/h4-11,14H,12,18H2,1-3H3/t14-/m0/s1. The first-order chi connectivity index (χ1) is 9.06. The van der Waals surface area contributed by atoms with Gasteiger partial charge in [0, 0.05) is 25.3 Å². The van der Waals surface area contributed by atoms with Crippen molar-refractivity contribution in [2.24, 2.45) is 5.73 Å². The SMILES string of the molecule is Cc1ccc(CN(C)c2ccc([C@H](C)N)cc2)cc1. The minimum Gasteiger partial charge on any atom is -0.370 e. The van der Waals surface area contributed by atoms with Crippen LogP contribution in [-0.2, 0) is 6.54 Å². The number of aryl methyl sites for hydroxylation is 1. The zero-order valence-electron chi connectivity index (χ0n) is 11.9. The molecular formula is C17H22N2. The molecule has 2 aromatic carbocycles. The van der Waals surface area contributed by atoms with E-state index < -0.39 is 0 Å². The van der Waals surface area contributed by atoms with Gasteiger partial charge < -0.3 is 10.6 Å². The number of nitrogens with zero attached hydrogens (tertiary/aromatic N) is 1. The van der Waals surface area contributed by atoms with Crippen LogP contribution in [0.5, 0.6) is 0 Å². The first kappa shape index (κ1) is 13.6. The van der Waals surface area contributed by atoms with Gasteiger partial charge in [-0.2, -0.15) is 0 Å². The van der Waals surface area contributed by atoms with Crippen molar-refractivity contribution in [3.8, 4) is 0 Å². The van der Waals surface area contributed by atoms with Crippen LogP contribution in [0, 0.1) is 6.92 Å². The van der Waals surface area contributed by atoms with Gasteiger partial charge in [-0.05, 0) is 37.1 Å². The Bertz CT molecular complexity index is 512. The summed E-state index contributed by atoms with van der Waals surface area (Å²) in [4.78, 5) is 2.25. The van der Waals surface area contributed by atoms with Gasteiger partial charge in [0.05, 0.1) is 0 Å². The molecule has 0 aromatic heterocycles. The van der Waals surface area contributed by atoms with E-state index in [1.54, 1.807) is 0 Å². The van der Waals surface area contributed by atoms with Crippen LogP contribution in [0.1, 0.15) is 29.7 Å². The van der Waals surface area contributed by atoms with Crippen LogP contribution in [0.4, 0.5) is 5.69 Å². The van der Waals surface area contributed by atoms with Crippen molar-refractivity contribution in [2.75, 3.05) is 11.9 Å². The van der Waals surface area contributed by atoms with E-state index in [-0.39, 0.29) is 6.04 Å². The molecule has 0 aliphatic rings. The smallest absolute Gasteiger partial charge is 0.0426 e. The Morgan fingerprint density at radius 1 is 1.00 bits per heavy atom. The molecule has 2 aromatic rings. The van der Waals surface area contributed by atoms with Crippen LogP contribution >= 0.6 is 0 Å². The number of rotatable bonds is 4. The lowest BCUT2D eigenvalue weighted by molar-refractivity contribution is 0.817. The first-order valence-corrected chi connectivity index (χ1v) is 6.68. The van der Waals surface area contributed by atoms with Gasteiger partial charge in [-0.3, -0.25) is 0 Å². The van der Waals surface area contributed by atoms with Gasteiger partial charge in [0.2, 0.25) is 0 Å². The Labute approximate surface area is 115 Å². The molecule has 2 nitrogen and oxygen atoms in total.